The number of allylic oxidation sites excluding steroid dienone is 3. The maximum Gasteiger partial charge on any atom is 0.0825 e. The number of hydrogen-bond donors (Lipinski definition) is 1. The highest BCUT2D eigenvalue weighted by Crippen LogP contribution is 2.22. The summed E-state index contributed by atoms with van der Waals surface area (Å²) in [6.45, 7) is 6.16. The lowest BCUT2D eigenvalue weighted by Gasteiger charge is -2.20. The van der Waals surface area contributed by atoms with Gasteiger partial charge in [-0.25, -0.2) is 0 Å². The molecule has 0 amide bonds. The van der Waals surface area contributed by atoms with Crippen LogP contribution in [0.15, 0.2) is 47.0 Å². The Kier molecular flexibility index (Phi) is 6.53. The summed E-state index contributed by atoms with van der Waals surface area (Å²) in [6, 6.07) is 8.30. The van der Waals surface area contributed by atoms with Gasteiger partial charge in [-0.1, -0.05) is 67.1 Å². The summed E-state index contributed by atoms with van der Waals surface area (Å²) in [6.07, 6.45) is 8.43. The zero-order valence-electron chi connectivity index (χ0n) is 12.0. The molecule has 1 N–H and O–H groups in total. The fourth-order valence-electron chi connectivity index (χ4n) is 1.94. The van der Waals surface area contributed by atoms with Crippen molar-refractivity contribution in [2.24, 2.45) is 0 Å². The first kappa shape index (κ1) is 16.2. The fourth-order valence-corrected chi connectivity index (χ4v) is 2.33. The van der Waals surface area contributed by atoms with Crippen LogP contribution in [-0.2, 0) is 0 Å². The number of halogens is 1. The van der Waals surface area contributed by atoms with Gasteiger partial charge in [0, 0.05) is 4.47 Å². The molecule has 0 bridgehead atoms. The van der Waals surface area contributed by atoms with Crippen LogP contribution in [-0.4, -0.2) is 10.7 Å². The topological polar surface area (TPSA) is 20.2 Å². The average molecular weight is 323 g/mol. The van der Waals surface area contributed by atoms with Gasteiger partial charge in [-0.15, -0.1) is 0 Å². The summed E-state index contributed by atoms with van der Waals surface area (Å²) in [4.78, 5) is 0. The van der Waals surface area contributed by atoms with Crippen molar-refractivity contribution in [3.63, 3.8) is 0 Å². The van der Waals surface area contributed by atoms with Crippen LogP contribution in [0.1, 0.15) is 45.6 Å². The van der Waals surface area contributed by atoms with Crippen molar-refractivity contribution in [2.45, 2.75) is 45.6 Å². The summed E-state index contributed by atoms with van der Waals surface area (Å²) in [5, 5.41) is 10.2. The first-order chi connectivity index (χ1) is 9.04. The predicted octanol–water partition coefficient (Wildman–Crippen LogP) is 5.35. The molecule has 0 atom stereocenters. The van der Waals surface area contributed by atoms with E-state index in [1.54, 1.807) is 0 Å². The third-order valence-electron chi connectivity index (χ3n) is 3.50. The number of benzene rings is 1. The Labute approximate surface area is 125 Å². The van der Waals surface area contributed by atoms with Crippen LogP contribution in [0.3, 0.4) is 0 Å². The zero-order chi connectivity index (χ0) is 14.3. The average Bonchev–Trinajstić information content (AvgIpc) is 2.43. The second-order valence-corrected chi connectivity index (χ2v) is 5.64. The third kappa shape index (κ3) is 4.96. The Hall–Kier alpha value is -0.860. The van der Waals surface area contributed by atoms with Crippen molar-refractivity contribution in [2.75, 3.05) is 0 Å². The van der Waals surface area contributed by atoms with Gasteiger partial charge >= 0.3 is 0 Å². The van der Waals surface area contributed by atoms with Crippen molar-refractivity contribution in [1.29, 1.82) is 0 Å². The van der Waals surface area contributed by atoms with E-state index in [4.69, 9.17) is 0 Å². The van der Waals surface area contributed by atoms with Crippen LogP contribution in [0.5, 0.6) is 0 Å². The van der Waals surface area contributed by atoms with E-state index in [1.165, 1.54) is 11.1 Å². The molecule has 1 rings (SSSR count). The van der Waals surface area contributed by atoms with Crippen molar-refractivity contribution in [1.82, 2.24) is 0 Å². The molecule has 104 valence electrons. The minimum Gasteiger partial charge on any atom is -0.386 e. The third-order valence-corrected chi connectivity index (χ3v) is 4.00. The van der Waals surface area contributed by atoms with Gasteiger partial charge < -0.3 is 5.11 Å². The SMILES string of the molecule is CC/C(=C\C=C\C(O)(CC)CC)c1cccc(Br)c1. The highest BCUT2D eigenvalue weighted by atomic mass is 79.9. The molecule has 0 fully saturated rings. The first-order valence-corrected chi connectivity index (χ1v) is 7.70. The Morgan fingerprint density at radius 2 is 1.95 bits per heavy atom. The molecule has 1 aromatic rings. The van der Waals surface area contributed by atoms with Crippen LogP contribution in [0.2, 0.25) is 0 Å². The molecular formula is C17H23BrO. The molecule has 0 saturated carbocycles. The lowest BCUT2D eigenvalue weighted by Crippen LogP contribution is -2.22. The first-order valence-electron chi connectivity index (χ1n) is 6.91. The second-order valence-electron chi connectivity index (χ2n) is 4.73. The fraction of sp³-hybridized carbons (Fsp3) is 0.412. The smallest absolute Gasteiger partial charge is 0.0825 e. The molecule has 0 radical (unpaired) electrons. The van der Waals surface area contributed by atoms with E-state index in [-0.39, 0.29) is 0 Å². The largest absolute Gasteiger partial charge is 0.386 e. The zero-order valence-corrected chi connectivity index (χ0v) is 13.6. The van der Waals surface area contributed by atoms with E-state index in [0.29, 0.717) is 0 Å². The summed E-state index contributed by atoms with van der Waals surface area (Å²) < 4.78 is 1.09. The van der Waals surface area contributed by atoms with Gasteiger partial charge in [-0.3, -0.25) is 0 Å². The van der Waals surface area contributed by atoms with Crippen molar-refractivity contribution in [3.05, 3.63) is 52.5 Å². The van der Waals surface area contributed by atoms with Crippen molar-refractivity contribution < 1.29 is 5.11 Å². The van der Waals surface area contributed by atoms with E-state index in [2.05, 4.69) is 41.1 Å². The lowest BCUT2D eigenvalue weighted by atomic mass is 9.96. The normalized spacial score (nSPS) is 13.2. The summed E-state index contributed by atoms with van der Waals surface area (Å²) in [5.74, 6) is 0. The van der Waals surface area contributed by atoms with Gasteiger partial charge in [0.05, 0.1) is 5.60 Å². The van der Waals surface area contributed by atoms with Gasteiger partial charge in [-0.05, 0) is 42.5 Å². The molecule has 0 aromatic heterocycles. The summed E-state index contributed by atoms with van der Waals surface area (Å²) in [5.41, 5.74) is 1.82. The van der Waals surface area contributed by atoms with Gasteiger partial charge in [-0.2, -0.15) is 0 Å². The van der Waals surface area contributed by atoms with E-state index in [9.17, 15) is 5.11 Å². The Morgan fingerprint density at radius 1 is 1.26 bits per heavy atom. The number of hydrogen-bond acceptors (Lipinski definition) is 1. The quantitative estimate of drug-likeness (QED) is 0.700. The van der Waals surface area contributed by atoms with Crippen LogP contribution in [0, 0.1) is 0 Å². The number of rotatable bonds is 6. The maximum atomic E-state index is 10.2. The van der Waals surface area contributed by atoms with Crippen molar-refractivity contribution >= 4 is 21.5 Å². The van der Waals surface area contributed by atoms with E-state index < -0.39 is 5.60 Å². The molecule has 1 nitrogen and oxygen atoms in total. The van der Waals surface area contributed by atoms with Gasteiger partial charge in [0.1, 0.15) is 0 Å². The van der Waals surface area contributed by atoms with Gasteiger partial charge in [0.25, 0.3) is 0 Å². The standard InChI is InChI=1S/C17H23BrO/c1-4-14(15-9-7-11-16(18)13-15)10-8-12-17(19,5-2)6-3/h7-13,19H,4-6H2,1-3H3/b12-8+,14-10+. The van der Waals surface area contributed by atoms with E-state index in [1.807, 2.05) is 38.1 Å². The molecule has 1 aromatic carbocycles. The molecule has 0 saturated heterocycles. The summed E-state index contributed by atoms with van der Waals surface area (Å²) >= 11 is 3.50. The number of aliphatic hydroxyl groups is 1. The van der Waals surface area contributed by atoms with Crippen molar-refractivity contribution in [3.8, 4) is 0 Å². The van der Waals surface area contributed by atoms with Crippen LogP contribution >= 0.6 is 15.9 Å². The van der Waals surface area contributed by atoms with E-state index >= 15 is 0 Å². The second kappa shape index (κ2) is 7.66. The molecule has 0 aliphatic rings. The Morgan fingerprint density at radius 3 is 2.47 bits per heavy atom. The predicted molar refractivity (Wildman–Crippen MR) is 87.1 cm³/mol. The molecular weight excluding hydrogens is 300 g/mol. The van der Waals surface area contributed by atoms with Crippen LogP contribution in [0.25, 0.3) is 5.57 Å². The Balaban J connectivity index is 2.92. The molecule has 19 heavy (non-hydrogen) atoms. The molecule has 0 unspecified atom stereocenters. The minimum atomic E-state index is -0.674. The Bertz CT molecular complexity index is 456. The molecule has 0 aliphatic carbocycles. The van der Waals surface area contributed by atoms with Crippen LogP contribution < -0.4 is 0 Å². The monoisotopic (exact) mass is 322 g/mol. The molecule has 0 spiro atoms. The highest BCUT2D eigenvalue weighted by molar-refractivity contribution is 9.10. The maximum absolute atomic E-state index is 10.2. The van der Waals surface area contributed by atoms with Gasteiger partial charge in [0.2, 0.25) is 0 Å². The molecule has 0 heterocycles. The highest BCUT2D eigenvalue weighted by Gasteiger charge is 2.16. The van der Waals surface area contributed by atoms with Gasteiger partial charge in [0.15, 0.2) is 0 Å². The lowest BCUT2D eigenvalue weighted by molar-refractivity contribution is 0.0828. The molecule has 0 aliphatic heterocycles. The minimum absolute atomic E-state index is 0.674. The summed E-state index contributed by atoms with van der Waals surface area (Å²) in [7, 11) is 0. The van der Waals surface area contributed by atoms with Crippen LogP contribution in [0.4, 0.5) is 0 Å². The van der Waals surface area contributed by atoms with E-state index in [0.717, 1.165) is 23.7 Å². The molecule has 2 heteroatoms.